The van der Waals surface area contributed by atoms with Crippen LogP contribution in [0.5, 0.6) is 0 Å². The summed E-state index contributed by atoms with van der Waals surface area (Å²) >= 11 is 1.46. The first kappa shape index (κ1) is 11.8. The van der Waals surface area contributed by atoms with Gasteiger partial charge in [-0.2, -0.15) is 4.37 Å². The van der Waals surface area contributed by atoms with E-state index in [2.05, 4.69) is 28.1 Å². The first-order chi connectivity index (χ1) is 7.70. The van der Waals surface area contributed by atoms with Gasteiger partial charge in [0.15, 0.2) is 0 Å². The van der Waals surface area contributed by atoms with Gasteiger partial charge in [0.1, 0.15) is 5.82 Å². The summed E-state index contributed by atoms with van der Waals surface area (Å²) in [6.45, 7) is 5.22. The lowest BCUT2D eigenvalue weighted by Gasteiger charge is -2.19. The monoisotopic (exact) mass is 241 g/mol. The largest absolute Gasteiger partial charge is 0.395 e. The first-order valence-corrected chi connectivity index (χ1v) is 6.68. The van der Waals surface area contributed by atoms with Crippen molar-refractivity contribution in [3.63, 3.8) is 0 Å². The molecule has 90 valence electrons. The molecule has 0 spiro atoms. The standard InChI is InChI=1S/C11H19N3OS/c1-8(2)7-10-12-11(16-13-10)14(5-6-15)9-3-4-9/h8-9,15H,3-7H2,1-2H3. The third-order valence-corrected chi connectivity index (χ3v) is 3.41. The molecule has 1 N–H and O–H groups in total. The Bertz CT molecular complexity index is 336. The highest BCUT2D eigenvalue weighted by molar-refractivity contribution is 7.09. The molecule has 0 aromatic carbocycles. The van der Waals surface area contributed by atoms with Gasteiger partial charge in [0, 0.05) is 30.5 Å². The third kappa shape index (κ3) is 2.92. The number of hydrogen-bond donors (Lipinski definition) is 1. The van der Waals surface area contributed by atoms with Crippen LogP contribution in [-0.2, 0) is 6.42 Å². The number of aliphatic hydroxyl groups excluding tert-OH is 1. The van der Waals surface area contributed by atoms with Crippen LogP contribution in [0.25, 0.3) is 0 Å². The Hall–Kier alpha value is -0.680. The summed E-state index contributed by atoms with van der Waals surface area (Å²) in [5.41, 5.74) is 0. The predicted octanol–water partition coefficient (Wildman–Crippen LogP) is 1.70. The van der Waals surface area contributed by atoms with Gasteiger partial charge < -0.3 is 10.0 Å². The first-order valence-electron chi connectivity index (χ1n) is 5.90. The molecule has 4 nitrogen and oxygen atoms in total. The molecule has 1 aromatic rings. The molecular formula is C11H19N3OS. The highest BCUT2D eigenvalue weighted by atomic mass is 32.1. The SMILES string of the molecule is CC(C)Cc1nsc(N(CCO)C2CC2)n1. The van der Waals surface area contributed by atoms with Crippen molar-refractivity contribution in [2.45, 2.75) is 39.2 Å². The van der Waals surface area contributed by atoms with Crippen LogP contribution in [-0.4, -0.2) is 33.7 Å². The summed E-state index contributed by atoms with van der Waals surface area (Å²) in [5.74, 6) is 1.54. The number of nitrogens with zero attached hydrogens (tertiary/aromatic N) is 3. The second-order valence-corrected chi connectivity index (χ2v) is 5.47. The van der Waals surface area contributed by atoms with Gasteiger partial charge in [0.25, 0.3) is 0 Å². The molecule has 1 saturated carbocycles. The predicted molar refractivity (Wildman–Crippen MR) is 65.9 cm³/mol. The van der Waals surface area contributed by atoms with Crippen molar-refractivity contribution < 1.29 is 5.11 Å². The molecule has 16 heavy (non-hydrogen) atoms. The van der Waals surface area contributed by atoms with Gasteiger partial charge in [0.05, 0.1) is 6.61 Å². The Morgan fingerprint density at radius 3 is 2.81 bits per heavy atom. The number of hydrogen-bond acceptors (Lipinski definition) is 5. The summed E-state index contributed by atoms with van der Waals surface area (Å²) in [4.78, 5) is 6.75. The molecule has 1 aliphatic rings. The van der Waals surface area contributed by atoms with Crippen molar-refractivity contribution >= 4 is 16.7 Å². The summed E-state index contributed by atoms with van der Waals surface area (Å²) < 4.78 is 4.38. The van der Waals surface area contributed by atoms with Crippen molar-refractivity contribution in [1.82, 2.24) is 9.36 Å². The van der Waals surface area contributed by atoms with Crippen LogP contribution in [0.15, 0.2) is 0 Å². The molecule has 0 unspecified atom stereocenters. The van der Waals surface area contributed by atoms with Gasteiger partial charge in [-0.25, -0.2) is 4.98 Å². The lowest BCUT2D eigenvalue weighted by atomic mass is 10.1. The van der Waals surface area contributed by atoms with Crippen molar-refractivity contribution in [2.24, 2.45) is 5.92 Å². The smallest absolute Gasteiger partial charge is 0.205 e. The van der Waals surface area contributed by atoms with E-state index in [9.17, 15) is 0 Å². The quantitative estimate of drug-likeness (QED) is 0.823. The van der Waals surface area contributed by atoms with Gasteiger partial charge in [-0.15, -0.1) is 0 Å². The zero-order valence-electron chi connectivity index (χ0n) is 9.89. The van der Waals surface area contributed by atoms with E-state index in [1.54, 1.807) is 0 Å². The number of aliphatic hydroxyl groups is 1. The lowest BCUT2D eigenvalue weighted by molar-refractivity contribution is 0.301. The summed E-state index contributed by atoms with van der Waals surface area (Å²) in [7, 11) is 0. The van der Waals surface area contributed by atoms with Crippen LogP contribution < -0.4 is 4.90 Å². The molecule has 0 saturated heterocycles. The third-order valence-electron chi connectivity index (χ3n) is 2.62. The van der Waals surface area contributed by atoms with Crippen LogP contribution in [0.2, 0.25) is 0 Å². The molecule has 1 aromatic heterocycles. The maximum Gasteiger partial charge on any atom is 0.205 e. The molecule has 1 heterocycles. The molecule has 0 radical (unpaired) electrons. The Morgan fingerprint density at radius 1 is 1.50 bits per heavy atom. The van der Waals surface area contributed by atoms with E-state index in [-0.39, 0.29) is 6.61 Å². The Balaban J connectivity index is 2.03. The van der Waals surface area contributed by atoms with Crippen LogP contribution in [0.1, 0.15) is 32.5 Å². The Kier molecular flexibility index (Phi) is 3.76. The average molecular weight is 241 g/mol. The number of anilines is 1. The van der Waals surface area contributed by atoms with Crippen LogP contribution in [0.4, 0.5) is 5.13 Å². The van der Waals surface area contributed by atoms with Crippen molar-refractivity contribution in [2.75, 3.05) is 18.1 Å². The number of aromatic nitrogens is 2. The molecular weight excluding hydrogens is 222 g/mol. The second-order valence-electron chi connectivity index (χ2n) is 4.74. The van der Waals surface area contributed by atoms with Crippen molar-refractivity contribution in [3.05, 3.63) is 5.82 Å². The summed E-state index contributed by atoms with van der Waals surface area (Å²) in [6, 6.07) is 0.590. The van der Waals surface area contributed by atoms with Gasteiger partial charge in [-0.05, 0) is 18.8 Å². The zero-order valence-corrected chi connectivity index (χ0v) is 10.7. The fraction of sp³-hybridized carbons (Fsp3) is 0.818. The zero-order chi connectivity index (χ0) is 11.5. The second kappa shape index (κ2) is 5.10. The molecule has 1 aliphatic carbocycles. The highest BCUT2D eigenvalue weighted by Gasteiger charge is 2.30. The van der Waals surface area contributed by atoms with Gasteiger partial charge in [0.2, 0.25) is 5.13 Å². The summed E-state index contributed by atoms with van der Waals surface area (Å²) in [5, 5.41) is 10.0. The van der Waals surface area contributed by atoms with E-state index in [1.165, 1.54) is 24.4 Å². The van der Waals surface area contributed by atoms with E-state index in [0.717, 1.165) is 17.4 Å². The van der Waals surface area contributed by atoms with Crippen LogP contribution in [0.3, 0.4) is 0 Å². The van der Waals surface area contributed by atoms with E-state index < -0.39 is 0 Å². The molecule has 0 bridgehead atoms. The van der Waals surface area contributed by atoms with E-state index in [1.807, 2.05) is 0 Å². The fourth-order valence-electron chi connectivity index (χ4n) is 1.74. The van der Waals surface area contributed by atoms with Crippen molar-refractivity contribution in [3.8, 4) is 0 Å². The van der Waals surface area contributed by atoms with Gasteiger partial charge >= 0.3 is 0 Å². The minimum atomic E-state index is 0.190. The Morgan fingerprint density at radius 2 is 2.25 bits per heavy atom. The lowest BCUT2D eigenvalue weighted by Crippen LogP contribution is -2.28. The molecule has 0 atom stereocenters. The molecule has 0 aliphatic heterocycles. The molecule has 0 amide bonds. The highest BCUT2D eigenvalue weighted by Crippen LogP contribution is 2.32. The van der Waals surface area contributed by atoms with Crippen molar-refractivity contribution in [1.29, 1.82) is 0 Å². The summed E-state index contributed by atoms with van der Waals surface area (Å²) in [6.07, 6.45) is 3.38. The van der Waals surface area contributed by atoms with E-state index in [4.69, 9.17) is 5.11 Å². The van der Waals surface area contributed by atoms with Gasteiger partial charge in [-0.3, -0.25) is 0 Å². The topological polar surface area (TPSA) is 49.2 Å². The van der Waals surface area contributed by atoms with Crippen LogP contribution in [0, 0.1) is 5.92 Å². The molecule has 1 fully saturated rings. The maximum atomic E-state index is 9.04. The normalized spacial score (nSPS) is 15.8. The fourth-order valence-corrected chi connectivity index (χ4v) is 2.53. The number of rotatable bonds is 6. The maximum absolute atomic E-state index is 9.04. The van der Waals surface area contributed by atoms with Gasteiger partial charge in [-0.1, -0.05) is 13.8 Å². The minimum Gasteiger partial charge on any atom is -0.395 e. The van der Waals surface area contributed by atoms with E-state index in [0.29, 0.717) is 18.5 Å². The van der Waals surface area contributed by atoms with Crippen LogP contribution >= 0.6 is 11.5 Å². The average Bonchev–Trinajstić information content (AvgIpc) is 2.96. The molecule has 2 rings (SSSR count). The van der Waals surface area contributed by atoms with E-state index >= 15 is 0 Å². The Labute approximate surface area is 100 Å². The minimum absolute atomic E-state index is 0.190. The molecule has 5 heteroatoms.